The summed E-state index contributed by atoms with van der Waals surface area (Å²) >= 11 is 6.58. The minimum atomic E-state index is 0.141. The summed E-state index contributed by atoms with van der Waals surface area (Å²) in [5.74, 6) is 0.648. The van der Waals surface area contributed by atoms with E-state index in [-0.39, 0.29) is 5.91 Å². The number of amides is 1. The lowest BCUT2D eigenvalue weighted by molar-refractivity contribution is -0.123. The fourth-order valence-corrected chi connectivity index (χ4v) is 2.71. The van der Waals surface area contributed by atoms with Crippen molar-refractivity contribution in [1.82, 2.24) is 4.90 Å². The van der Waals surface area contributed by atoms with Crippen molar-refractivity contribution >= 4 is 34.2 Å². The number of hydrogen-bond donors (Lipinski definition) is 0. The summed E-state index contributed by atoms with van der Waals surface area (Å²) in [6.45, 7) is 2.77. The molecule has 2 rings (SSSR count). The van der Waals surface area contributed by atoms with Gasteiger partial charge < -0.3 is 0 Å². The number of nitrogens with zero attached hydrogens (tertiary/aromatic N) is 1. The topological polar surface area (TPSA) is 20.3 Å². The molecule has 0 aromatic heterocycles. The molecule has 1 saturated heterocycles. The average molecular weight is 251 g/mol. The molecular formula is C12H13NOS2. The van der Waals surface area contributed by atoms with Crippen LogP contribution in [0.15, 0.2) is 24.3 Å². The van der Waals surface area contributed by atoms with E-state index in [4.69, 9.17) is 12.2 Å². The van der Waals surface area contributed by atoms with E-state index in [1.165, 1.54) is 22.9 Å². The van der Waals surface area contributed by atoms with Crippen LogP contribution >= 0.6 is 24.0 Å². The van der Waals surface area contributed by atoms with Crippen LogP contribution in [0.3, 0.4) is 0 Å². The van der Waals surface area contributed by atoms with E-state index >= 15 is 0 Å². The highest BCUT2D eigenvalue weighted by molar-refractivity contribution is 8.23. The number of carbonyl (C=O) groups is 1. The lowest BCUT2D eigenvalue weighted by Gasteiger charge is -2.14. The van der Waals surface area contributed by atoms with E-state index in [1.807, 2.05) is 0 Å². The molecule has 0 radical (unpaired) electrons. The molecule has 1 aliphatic rings. The average Bonchev–Trinajstić information content (AvgIpc) is 2.59. The largest absolute Gasteiger partial charge is 0.297 e. The molecule has 0 aliphatic carbocycles. The third-order valence-electron chi connectivity index (χ3n) is 2.59. The van der Waals surface area contributed by atoms with Crippen molar-refractivity contribution in [3.05, 3.63) is 35.4 Å². The van der Waals surface area contributed by atoms with Gasteiger partial charge in [0.25, 0.3) is 0 Å². The predicted octanol–water partition coefficient (Wildman–Crippen LogP) is 2.40. The van der Waals surface area contributed by atoms with Crippen molar-refractivity contribution in [3.8, 4) is 0 Å². The van der Waals surface area contributed by atoms with Crippen LogP contribution in [0.5, 0.6) is 0 Å². The Morgan fingerprint density at radius 3 is 2.62 bits per heavy atom. The second kappa shape index (κ2) is 4.97. The molecule has 1 aromatic rings. The van der Waals surface area contributed by atoms with Gasteiger partial charge in [-0.3, -0.25) is 9.69 Å². The number of rotatable bonds is 3. The Hall–Kier alpha value is -0.870. The zero-order chi connectivity index (χ0) is 11.5. The summed E-state index contributed by atoms with van der Waals surface area (Å²) in [7, 11) is 0. The predicted molar refractivity (Wildman–Crippen MR) is 71.7 cm³/mol. The van der Waals surface area contributed by atoms with E-state index in [1.54, 1.807) is 4.90 Å². The number of benzene rings is 1. The van der Waals surface area contributed by atoms with Gasteiger partial charge in [-0.1, -0.05) is 53.8 Å². The minimum Gasteiger partial charge on any atom is -0.297 e. The summed E-state index contributed by atoms with van der Waals surface area (Å²) < 4.78 is 0.720. The van der Waals surface area contributed by atoms with Gasteiger partial charge in [0.15, 0.2) is 0 Å². The van der Waals surface area contributed by atoms with Crippen molar-refractivity contribution in [2.75, 3.05) is 12.3 Å². The first kappa shape index (κ1) is 11.6. The van der Waals surface area contributed by atoms with E-state index in [0.29, 0.717) is 12.3 Å². The van der Waals surface area contributed by atoms with Gasteiger partial charge in [-0.05, 0) is 18.9 Å². The lowest BCUT2D eigenvalue weighted by Crippen LogP contribution is -2.30. The maximum atomic E-state index is 11.5. The van der Waals surface area contributed by atoms with E-state index < -0.39 is 0 Å². The van der Waals surface area contributed by atoms with Crippen molar-refractivity contribution in [1.29, 1.82) is 0 Å². The van der Waals surface area contributed by atoms with Crippen LogP contribution in [-0.2, 0) is 11.2 Å². The first-order valence-corrected chi connectivity index (χ1v) is 6.59. The van der Waals surface area contributed by atoms with Gasteiger partial charge in [-0.2, -0.15) is 0 Å². The van der Waals surface area contributed by atoms with Crippen LogP contribution in [0.4, 0.5) is 0 Å². The summed E-state index contributed by atoms with van der Waals surface area (Å²) in [6, 6.07) is 8.39. The van der Waals surface area contributed by atoms with Crippen molar-refractivity contribution in [2.24, 2.45) is 0 Å². The lowest BCUT2D eigenvalue weighted by atomic mass is 10.1. The molecule has 0 saturated carbocycles. The zero-order valence-electron chi connectivity index (χ0n) is 9.10. The van der Waals surface area contributed by atoms with Crippen LogP contribution in [0.25, 0.3) is 0 Å². The number of hydrogen-bond acceptors (Lipinski definition) is 3. The molecule has 1 fully saturated rings. The Morgan fingerprint density at radius 1 is 1.38 bits per heavy atom. The SMILES string of the molecule is Cc1ccc(CCN2C(=O)CSC2=S)cc1. The van der Waals surface area contributed by atoms with Gasteiger partial charge in [-0.15, -0.1) is 0 Å². The second-order valence-corrected chi connectivity index (χ2v) is 5.44. The monoisotopic (exact) mass is 251 g/mol. The molecule has 0 unspecified atom stereocenters. The van der Waals surface area contributed by atoms with Crippen molar-refractivity contribution in [2.45, 2.75) is 13.3 Å². The third-order valence-corrected chi connectivity index (χ3v) is 4.02. The Balaban J connectivity index is 1.94. The maximum absolute atomic E-state index is 11.5. The van der Waals surface area contributed by atoms with Gasteiger partial charge in [0.1, 0.15) is 4.32 Å². The molecule has 1 amide bonds. The van der Waals surface area contributed by atoms with Crippen LogP contribution in [-0.4, -0.2) is 27.4 Å². The molecule has 0 N–H and O–H groups in total. The Labute approximate surface area is 105 Å². The summed E-state index contributed by atoms with van der Waals surface area (Å²) in [5, 5.41) is 0. The smallest absolute Gasteiger partial charge is 0.238 e. The van der Waals surface area contributed by atoms with E-state index in [2.05, 4.69) is 31.2 Å². The first-order chi connectivity index (χ1) is 7.66. The normalized spacial score (nSPS) is 15.9. The van der Waals surface area contributed by atoms with Crippen LogP contribution in [0.2, 0.25) is 0 Å². The summed E-state index contributed by atoms with van der Waals surface area (Å²) in [4.78, 5) is 13.2. The Bertz CT molecular complexity index is 398. The highest BCUT2D eigenvalue weighted by Gasteiger charge is 2.25. The van der Waals surface area contributed by atoms with Gasteiger partial charge in [-0.25, -0.2) is 0 Å². The molecule has 1 aromatic carbocycles. The Kier molecular flexibility index (Phi) is 3.61. The summed E-state index contributed by atoms with van der Waals surface area (Å²) in [6.07, 6.45) is 0.868. The highest BCUT2D eigenvalue weighted by Crippen LogP contribution is 2.19. The van der Waals surface area contributed by atoms with Crippen LogP contribution in [0.1, 0.15) is 11.1 Å². The molecule has 0 atom stereocenters. The molecule has 2 nitrogen and oxygen atoms in total. The van der Waals surface area contributed by atoms with Gasteiger partial charge >= 0.3 is 0 Å². The van der Waals surface area contributed by atoms with E-state index in [0.717, 1.165) is 10.7 Å². The van der Waals surface area contributed by atoms with Gasteiger partial charge in [0.05, 0.1) is 5.75 Å². The van der Waals surface area contributed by atoms with Crippen molar-refractivity contribution in [3.63, 3.8) is 0 Å². The molecule has 84 valence electrons. The summed E-state index contributed by atoms with van der Waals surface area (Å²) in [5.41, 5.74) is 2.50. The Morgan fingerprint density at radius 2 is 2.06 bits per heavy atom. The van der Waals surface area contributed by atoms with Crippen LogP contribution in [0, 0.1) is 6.92 Å². The molecule has 1 heterocycles. The zero-order valence-corrected chi connectivity index (χ0v) is 10.7. The molecule has 0 bridgehead atoms. The molecular weight excluding hydrogens is 238 g/mol. The standard InChI is InChI=1S/C12H13NOS2/c1-9-2-4-10(5-3-9)6-7-13-11(14)8-16-12(13)15/h2-5H,6-8H2,1H3. The van der Waals surface area contributed by atoms with Crippen LogP contribution < -0.4 is 0 Å². The maximum Gasteiger partial charge on any atom is 0.238 e. The molecule has 1 aliphatic heterocycles. The molecule has 4 heteroatoms. The fourth-order valence-electron chi connectivity index (χ4n) is 1.59. The second-order valence-electron chi connectivity index (χ2n) is 3.84. The third kappa shape index (κ3) is 2.62. The number of aryl methyl sites for hydroxylation is 1. The minimum absolute atomic E-state index is 0.141. The quantitative estimate of drug-likeness (QED) is 0.769. The van der Waals surface area contributed by atoms with E-state index in [9.17, 15) is 4.79 Å². The number of thioether (sulfide) groups is 1. The fraction of sp³-hybridized carbons (Fsp3) is 0.333. The number of thiocarbonyl (C=S) groups is 1. The van der Waals surface area contributed by atoms with Crippen molar-refractivity contribution < 1.29 is 4.79 Å². The van der Waals surface area contributed by atoms with Gasteiger partial charge in [0.2, 0.25) is 5.91 Å². The first-order valence-electron chi connectivity index (χ1n) is 5.19. The molecule has 0 spiro atoms. The molecule has 16 heavy (non-hydrogen) atoms. The highest BCUT2D eigenvalue weighted by atomic mass is 32.2. The van der Waals surface area contributed by atoms with Gasteiger partial charge in [0, 0.05) is 6.54 Å². The number of carbonyl (C=O) groups excluding carboxylic acids is 1.